The molecule has 0 radical (unpaired) electrons. The van der Waals surface area contributed by atoms with Crippen LogP contribution in [0.4, 0.5) is 68.2 Å². The van der Waals surface area contributed by atoms with E-state index in [4.69, 9.17) is 0 Å². The zero-order valence-corrected chi connectivity index (χ0v) is 33.8. The second-order valence-corrected chi connectivity index (χ2v) is 17.9. The first kappa shape index (κ1) is 47.5. The van der Waals surface area contributed by atoms with Crippen LogP contribution in [0.1, 0.15) is 0 Å². The number of hydrogen-bond donors (Lipinski definition) is 0. The van der Waals surface area contributed by atoms with Crippen molar-refractivity contribution < 1.29 is 90.7 Å². The Morgan fingerprint density at radius 1 is 0.277 bits per heavy atom. The van der Waals surface area contributed by atoms with Gasteiger partial charge in [-0.3, -0.25) is 0 Å². The molecule has 0 unspecified atom stereocenters. The van der Waals surface area contributed by atoms with Crippen LogP contribution in [0.3, 0.4) is 0 Å². The third kappa shape index (κ3) is 9.73. The summed E-state index contributed by atoms with van der Waals surface area (Å²) in [5.41, 5.74) is -22.0. The molecule has 0 atom stereocenters. The van der Waals surface area contributed by atoms with Gasteiger partial charge in [-0.1, -0.05) is 0 Å². The fourth-order valence-corrected chi connectivity index (χ4v) is 10.0. The normalized spacial score (nSPS) is 10.7. The van der Waals surface area contributed by atoms with Gasteiger partial charge in [0.05, 0.1) is 0 Å². The number of nitro groups is 8. The molecule has 0 bridgehead atoms. The number of nitrogens with zero attached hydrogens (tertiary/aromatic N) is 12. The number of rotatable bonds is 20. The second-order valence-electron chi connectivity index (χ2n) is 11.2. The molecule has 0 fully saturated rings. The molecule has 0 heterocycles. The summed E-state index contributed by atoms with van der Waals surface area (Å²) in [5.74, 6) is -8.77. The predicted molar refractivity (Wildman–Crippen MR) is 180 cm³/mol. The molecule has 4 aromatic carbocycles. The van der Waals surface area contributed by atoms with E-state index in [2.05, 4.69) is 11.2 Å². The SMILES string of the molecule is O=[N+]([O-])c1cc([N+](=O)[O-])c([O-])c([N+](=O)[O][Pb]([O][N+](=O)c2cc([N+](=O)[O-])c([O-])c([N+](=O)[O-])c2)([O][N+](=O)c2cc([N+](=O)[O-])cc([N+](=O)[O-])c2[O-])[O][N+](=O)c2cc([N+](=O)[O-])cc([N+](=O)[O-])c2[O-])c1. The first-order valence-electron chi connectivity index (χ1n) is 15.3. The van der Waals surface area contributed by atoms with Crippen molar-refractivity contribution in [3.8, 4) is 23.0 Å². The molecular formula is C24H8N12O28Pb. The molecule has 4 aromatic rings. The van der Waals surface area contributed by atoms with Crippen LogP contribution in [0, 0.1) is 101 Å². The van der Waals surface area contributed by atoms with Gasteiger partial charge in [0, 0.05) is 0 Å². The Kier molecular flexibility index (Phi) is 13.0. The zero-order valence-electron chi connectivity index (χ0n) is 29.9. The van der Waals surface area contributed by atoms with Crippen molar-refractivity contribution in [2.45, 2.75) is 0 Å². The molecule has 0 aliphatic carbocycles. The molecule has 0 saturated carbocycles. The van der Waals surface area contributed by atoms with Crippen LogP contribution < -0.4 is 20.4 Å². The molecule has 65 heavy (non-hydrogen) atoms. The summed E-state index contributed by atoms with van der Waals surface area (Å²) in [6, 6.07) is -1.23. The number of nitro benzene ring substituents is 8. The van der Waals surface area contributed by atoms with E-state index in [1.54, 1.807) is 0 Å². The van der Waals surface area contributed by atoms with Crippen LogP contribution in [0.15, 0.2) is 48.5 Å². The fraction of sp³-hybridized carbons (Fsp3) is 0. The van der Waals surface area contributed by atoms with Crippen LogP contribution in [0.2, 0.25) is 0 Å². The van der Waals surface area contributed by atoms with Crippen LogP contribution >= 0.6 is 0 Å². The average molecular weight is 1120 g/mol. The quantitative estimate of drug-likeness (QED) is 0.0680. The number of benzene rings is 4. The molecule has 0 amide bonds. The molecular weight excluding hydrogens is 1110 g/mol. The summed E-state index contributed by atoms with van der Waals surface area (Å²) < 4.78 is 18.5. The minimum atomic E-state index is -8.98. The Labute approximate surface area is 353 Å². The molecule has 0 aliphatic rings. The minimum absolute atomic E-state index is 0.0751. The van der Waals surface area contributed by atoms with Crippen molar-refractivity contribution >= 4 is 91.2 Å². The first-order valence-corrected chi connectivity index (χ1v) is 21.7. The molecule has 336 valence electrons. The Bertz CT molecular complexity index is 2640. The Morgan fingerprint density at radius 3 is 0.677 bits per heavy atom. The van der Waals surface area contributed by atoms with Crippen molar-refractivity contribution in [2.75, 3.05) is 0 Å². The van der Waals surface area contributed by atoms with Gasteiger partial charge in [0.2, 0.25) is 0 Å². The van der Waals surface area contributed by atoms with Crippen LogP contribution in [-0.2, 0) is 11.2 Å². The zero-order chi connectivity index (χ0) is 49.2. The van der Waals surface area contributed by atoms with Gasteiger partial charge >= 0.3 is 354 Å². The molecule has 0 aromatic heterocycles. The third-order valence-electron chi connectivity index (χ3n) is 7.33. The van der Waals surface area contributed by atoms with E-state index in [1.807, 2.05) is 0 Å². The molecule has 40 nitrogen and oxygen atoms in total. The maximum atomic E-state index is 13.6. The first-order chi connectivity index (χ1) is 30.1. The Hall–Kier alpha value is -10.2. The fourth-order valence-electron chi connectivity index (χ4n) is 4.55. The summed E-state index contributed by atoms with van der Waals surface area (Å²) in [6.07, 6.45) is 0. The van der Waals surface area contributed by atoms with E-state index in [0.29, 0.717) is 0 Å². The predicted octanol–water partition coefficient (Wildman–Crippen LogP) is 1.15. The maximum absolute atomic E-state index is 13.6. The number of non-ortho nitro benzene ring substituents is 3. The van der Waals surface area contributed by atoms with Gasteiger partial charge in [-0.15, -0.1) is 0 Å². The summed E-state index contributed by atoms with van der Waals surface area (Å²) in [5, 5.41) is 144. The van der Waals surface area contributed by atoms with E-state index in [0.717, 1.165) is 0 Å². The van der Waals surface area contributed by atoms with Crippen molar-refractivity contribution in [3.05, 3.63) is 149 Å². The van der Waals surface area contributed by atoms with E-state index >= 15 is 0 Å². The van der Waals surface area contributed by atoms with Gasteiger partial charge in [0.25, 0.3) is 0 Å². The van der Waals surface area contributed by atoms with Crippen molar-refractivity contribution in [1.29, 1.82) is 0 Å². The molecule has 0 N–H and O–H groups in total. The molecule has 0 saturated heterocycles. The standard InChI is InChI=1S/4C6H3N3O7.Pb/c4*10-6-4(8(13)14)1-3(7(11)12)2-5(6)9(15)16;/h4*1-2,10H;/q;;;;+4/p-4. The monoisotopic (exact) mass is 1120 g/mol. The summed E-state index contributed by atoms with van der Waals surface area (Å²) >= 11 is -8.98. The van der Waals surface area contributed by atoms with Gasteiger partial charge in [-0.05, 0) is 0 Å². The summed E-state index contributed by atoms with van der Waals surface area (Å²) in [6.45, 7) is 0. The molecule has 0 aliphatic heterocycles. The van der Waals surface area contributed by atoms with Gasteiger partial charge < -0.3 is 0 Å². The third-order valence-corrected chi connectivity index (χ3v) is 13.4. The second kappa shape index (κ2) is 17.8. The van der Waals surface area contributed by atoms with Gasteiger partial charge in [0.15, 0.2) is 0 Å². The van der Waals surface area contributed by atoms with Gasteiger partial charge in [-0.2, -0.15) is 0 Å². The molecule has 0 spiro atoms. The summed E-state index contributed by atoms with van der Waals surface area (Å²) in [7, 11) is 0. The number of hydrogen-bond acceptors (Lipinski definition) is 28. The molecule has 4 rings (SSSR count). The van der Waals surface area contributed by atoms with E-state index in [-0.39, 0.29) is 48.5 Å². The van der Waals surface area contributed by atoms with E-state index < -0.39 is 173 Å². The van der Waals surface area contributed by atoms with Crippen molar-refractivity contribution in [2.24, 2.45) is 0 Å². The molecule has 41 heteroatoms. The Balaban J connectivity index is 2.16. The van der Waals surface area contributed by atoms with E-state index in [9.17, 15) is 121 Å². The summed E-state index contributed by atoms with van der Waals surface area (Å²) in [4.78, 5) is 128. The topological polar surface area (TPSA) is 555 Å². The van der Waals surface area contributed by atoms with Crippen LogP contribution in [-0.4, -0.2) is 82.1 Å². The van der Waals surface area contributed by atoms with Crippen LogP contribution in [0.5, 0.6) is 23.0 Å². The van der Waals surface area contributed by atoms with Gasteiger partial charge in [-0.25, -0.2) is 0 Å². The van der Waals surface area contributed by atoms with Crippen molar-refractivity contribution in [1.82, 2.24) is 0 Å². The van der Waals surface area contributed by atoms with E-state index in [1.165, 1.54) is 0 Å². The Morgan fingerprint density at radius 2 is 0.462 bits per heavy atom. The average Bonchev–Trinajstić information content (AvgIpc) is 3.19. The van der Waals surface area contributed by atoms with Gasteiger partial charge in [0.1, 0.15) is 0 Å². The van der Waals surface area contributed by atoms with Crippen molar-refractivity contribution in [3.63, 3.8) is 0 Å². The van der Waals surface area contributed by atoms with Crippen LogP contribution in [0.25, 0.3) is 0 Å².